The molecule has 0 fully saturated rings. The van der Waals surface area contributed by atoms with Crippen LogP contribution in [0.3, 0.4) is 0 Å². The molecular weight excluding hydrogens is 200 g/mol. The quantitative estimate of drug-likeness (QED) is 0.604. The Morgan fingerprint density at radius 3 is 3.00 bits per heavy atom. The Morgan fingerprint density at radius 2 is 2.14 bits per heavy atom. The minimum Gasteiger partial charge on any atom is -0.345 e. The van der Waals surface area contributed by atoms with Gasteiger partial charge in [-0.2, -0.15) is 0 Å². The van der Waals surface area contributed by atoms with Crippen molar-refractivity contribution in [1.29, 1.82) is 0 Å². The lowest BCUT2D eigenvalue weighted by atomic mass is 10.3. The molecule has 3 heterocycles. The zero-order valence-corrected chi connectivity index (χ0v) is 7.73. The third-order valence-electron chi connectivity index (χ3n) is 1.83. The van der Waals surface area contributed by atoms with E-state index in [1.807, 2.05) is 17.5 Å². The molecule has 5 nitrogen and oxygen atoms in total. The second-order valence-corrected chi connectivity index (χ2v) is 3.64. The van der Waals surface area contributed by atoms with Crippen LogP contribution in [-0.4, -0.2) is 20.6 Å². The molecule has 3 rings (SSSR count). The van der Waals surface area contributed by atoms with Crippen LogP contribution in [0.1, 0.15) is 0 Å². The normalized spacial score (nSPS) is 10.9. The Bertz CT molecular complexity index is 560. The van der Waals surface area contributed by atoms with Gasteiger partial charge in [0.15, 0.2) is 12.0 Å². The van der Waals surface area contributed by atoms with E-state index in [0.717, 1.165) is 10.2 Å². The second kappa shape index (κ2) is 2.85. The molecule has 0 spiro atoms. The Balaban J connectivity index is 2.23. The molecule has 0 unspecified atom stereocenters. The van der Waals surface area contributed by atoms with Crippen molar-refractivity contribution < 1.29 is 4.52 Å². The van der Waals surface area contributed by atoms with Crippen molar-refractivity contribution in [3.05, 3.63) is 23.8 Å². The third kappa shape index (κ3) is 1.08. The first-order valence-corrected chi connectivity index (χ1v) is 4.80. The van der Waals surface area contributed by atoms with Crippen molar-refractivity contribution in [1.82, 2.24) is 20.6 Å². The van der Waals surface area contributed by atoms with Gasteiger partial charge >= 0.3 is 0 Å². The molecule has 0 aromatic carbocycles. The minimum absolute atomic E-state index is 0.604. The summed E-state index contributed by atoms with van der Waals surface area (Å²) in [4.78, 5) is 0. The fourth-order valence-electron chi connectivity index (χ4n) is 1.17. The SMILES string of the molecule is c1cc2nnc(-c3conn3)cc2s1. The summed E-state index contributed by atoms with van der Waals surface area (Å²) in [6.07, 6.45) is 1.45. The molecular formula is C8H4N4OS. The van der Waals surface area contributed by atoms with E-state index in [0.29, 0.717) is 11.4 Å². The van der Waals surface area contributed by atoms with Crippen LogP contribution in [-0.2, 0) is 0 Å². The molecule has 3 aromatic rings. The van der Waals surface area contributed by atoms with Crippen LogP contribution in [0.25, 0.3) is 21.6 Å². The van der Waals surface area contributed by atoms with Gasteiger partial charge < -0.3 is 4.52 Å². The number of hydrogen-bond donors (Lipinski definition) is 0. The van der Waals surface area contributed by atoms with Gasteiger partial charge in [0.25, 0.3) is 0 Å². The summed E-state index contributed by atoms with van der Waals surface area (Å²) in [7, 11) is 0. The van der Waals surface area contributed by atoms with Gasteiger partial charge in [0, 0.05) is 5.27 Å². The molecule has 0 aliphatic rings. The highest BCUT2D eigenvalue weighted by molar-refractivity contribution is 7.17. The average molecular weight is 204 g/mol. The molecule has 0 aliphatic heterocycles. The van der Waals surface area contributed by atoms with Gasteiger partial charge in [-0.25, -0.2) is 0 Å². The van der Waals surface area contributed by atoms with Crippen molar-refractivity contribution in [2.45, 2.75) is 0 Å². The summed E-state index contributed by atoms with van der Waals surface area (Å²) in [6, 6.07) is 3.85. The third-order valence-corrected chi connectivity index (χ3v) is 2.68. The van der Waals surface area contributed by atoms with Crippen molar-refractivity contribution >= 4 is 21.6 Å². The largest absolute Gasteiger partial charge is 0.345 e. The van der Waals surface area contributed by atoms with Crippen molar-refractivity contribution in [3.63, 3.8) is 0 Å². The first-order valence-electron chi connectivity index (χ1n) is 3.92. The van der Waals surface area contributed by atoms with Crippen molar-refractivity contribution in [2.24, 2.45) is 0 Å². The lowest BCUT2D eigenvalue weighted by Crippen LogP contribution is -1.86. The molecule has 0 N–H and O–H groups in total. The maximum atomic E-state index is 4.64. The number of fused-ring (bicyclic) bond motifs is 1. The van der Waals surface area contributed by atoms with Crippen LogP contribution in [0.5, 0.6) is 0 Å². The molecule has 14 heavy (non-hydrogen) atoms. The van der Waals surface area contributed by atoms with Gasteiger partial charge in [0.2, 0.25) is 0 Å². The van der Waals surface area contributed by atoms with E-state index in [4.69, 9.17) is 0 Å². The summed E-state index contributed by atoms with van der Waals surface area (Å²) in [5.41, 5.74) is 2.18. The van der Waals surface area contributed by atoms with Crippen LogP contribution in [0, 0.1) is 0 Å². The molecule has 6 heteroatoms. The number of aromatic nitrogens is 4. The predicted molar refractivity (Wildman–Crippen MR) is 50.7 cm³/mol. The topological polar surface area (TPSA) is 64.7 Å². The Morgan fingerprint density at radius 1 is 1.14 bits per heavy atom. The highest BCUT2D eigenvalue weighted by Gasteiger charge is 2.06. The summed E-state index contributed by atoms with van der Waals surface area (Å²) in [5.74, 6) is 0. The molecule has 0 bridgehead atoms. The molecule has 0 aliphatic carbocycles. The maximum absolute atomic E-state index is 4.64. The van der Waals surface area contributed by atoms with Gasteiger partial charge in [0.1, 0.15) is 11.2 Å². The monoisotopic (exact) mass is 204 g/mol. The van der Waals surface area contributed by atoms with Crippen LogP contribution in [0.15, 0.2) is 28.3 Å². The molecule has 0 atom stereocenters. The Hall–Kier alpha value is -1.82. The first-order chi connectivity index (χ1) is 6.93. The van der Waals surface area contributed by atoms with Gasteiger partial charge in [-0.05, 0) is 17.5 Å². The van der Waals surface area contributed by atoms with E-state index >= 15 is 0 Å². The fraction of sp³-hybridized carbons (Fsp3) is 0. The highest BCUT2D eigenvalue weighted by atomic mass is 32.1. The summed E-state index contributed by atoms with van der Waals surface area (Å²) < 4.78 is 5.72. The van der Waals surface area contributed by atoms with Gasteiger partial charge in [-0.1, -0.05) is 0 Å². The van der Waals surface area contributed by atoms with Crippen molar-refractivity contribution in [2.75, 3.05) is 0 Å². The van der Waals surface area contributed by atoms with Crippen molar-refractivity contribution in [3.8, 4) is 11.4 Å². The number of rotatable bonds is 1. The molecule has 0 saturated heterocycles. The molecule has 68 valence electrons. The average Bonchev–Trinajstić information content (AvgIpc) is 2.88. The minimum atomic E-state index is 0.604. The number of thiophene rings is 1. The van der Waals surface area contributed by atoms with Crippen LogP contribution < -0.4 is 0 Å². The zero-order valence-electron chi connectivity index (χ0n) is 6.91. The van der Waals surface area contributed by atoms with Crippen LogP contribution in [0.2, 0.25) is 0 Å². The first kappa shape index (κ1) is 7.57. The highest BCUT2D eigenvalue weighted by Crippen LogP contribution is 2.22. The number of hydrogen-bond acceptors (Lipinski definition) is 6. The van der Waals surface area contributed by atoms with E-state index in [2.05, 4.69) is 25.1 Å². The smallest absolute Gasteiger partial charge is 0.154 e. The summed E-state index contributed by atoms with van der Waals surface area (Å²) in [5, 5.41) is 17.2. The number of nitrogens with zero attached hydrogens (tertiary/aromatic N) is 4. The molecule has 0 saturated carbocycles. The Labute approximate surface area is 82.4 Å². The van der Waals surface area contributed by atoms with Gasteiger partial charge in [-0.15, -0.1) is 26.6 Å². The summed E-state index contributed by atoms with van der Waals surface area (Å²) >= 11 is 1.62. The zero-order chi connectivity index (χ0) is 9.38. The van der Waals surface area contributed by atoms with E-state index < -0.39 is 0 Å². The van der Waals surface area contributed by atoms with E-state index in [1.54, 1.807) is 11.3 Å². The van der Waals surface area contributed by atoms with E-state index in [9.17, 15) is 0 Å². The predicted octanol–water partition coefficient (Wildman–Crippen LogP) is 1.74. The Kier molecular flexibility index (Phi) is 1.54. The standard InChI is InChI=1S/C8H4N4OS/c1-2-14-8-3-6(10-9-5(1)8)7-4-13-12-11-7/h1-4H. The second-order valence-electron chi connectivity index (χ2n) is 2.69. The van der Waals surface area contributed by atoms with Crippen LogP contribution in [0.4, 0.5) is 0 Å². The van der Waals surface area contributed by atoms with Crippen LogP contribution >= 0.6 is 11.3 Å². The maximum Gasteiger partial charge on any atom is 0.154 e. The fourth-order valence-corrected chi connectivity index (χ4v) is 1.92. The lowest BCUT2D eigenvalue weighted by Gasteiger charge is -1.91. The summed E-state index contributed by atoms with van der Waals surface area (Å²) in [6.45, 7) is 0. The van der Waals surface area contributed by atoms with Gasteiger partial charge in [-0.3, -0.25) is 0 Å². The lowest BCUT2D eigenvalue weighted by molar-refractivity contribution is 0.393. The molecule has 0 radical (unpaired) electrons. The van der Waals surface area contributed by atoms with E-state index in [-0.39, 0.29) is 0 Å². The molecule has 3 aromatic heterocycles. The molecule has 0 amide bonds. The van der Waals surface area contributed by atoms with Gasteiger partial charge in [0.05, 0.1) is 4.70 Å². The van der Waals surface area contributed by atoms with E-state index in [1.165, 1.54) is 6.26 Å².